The molecule has 180 valence electrons. The number of pyridine rings is 1. The van der Waals surface area contributed by atoms with Gasteiger partial charge in [0.25, 0.3) is 5.91 Å². The summed E-state index contributed by atoms with van der Waals surface area (Å²) in [6.45, 7) is 0.000305. The Hall–Kier alpha value is -3.82. The van der Waals surface area contributed by atoms with Crippen LogP contribution in [0.3, 0.4) is 0 Å². The quantitative estimate of drug-likeness (QED) is 0.298. The van der Waals surface area contributed by atoms with Crippen molar-refractivity contribution >= 4 is 34.3 Å². The zero-order chi connectivity index (χ0) is 24.9. The minimum atomic E-state index is -0.468. The van der Waals surface area contributed by atoms with Crippen LogP contribution in [0.25, 0.3) is 10.9 Å². The Morgan fingerprint density at radius 2 is 1.77 bits per heavy atom. The van der Waals surface area contributed by atoms with Gasteiger partial charge in [0.2, 0.25) is 5.91 Å². The zero-order valence-electron chi connectivity index (χ0n) is 18.5. The normalized spacial score (nSPS) is 11.0. The number of amides is 2. The molecule has 0 bridgehead atoms. The lowest BCUT2D eigenvalue weighted by Gasteiger charge is -2.10. The maximum atomic E-state index is 14.6. The number of carbonyl (C=O) groups is 2. The molecule has 0 fully saturated rings. The molecule has 0 saturated heterocycles. The molecule has 2 amide bonds. The summed E-state index contributed by atoms with van der Waals surface area (Å²) in [5, 5.41) is 6.39. The Labute approximate surface area is 204 Å². The van der Waals surface area contributed by atoms with E-state index in [2.05, 4.69) is 20.6 Å². The number of benzene rings is 2. The number of rotatable bonds is 8. The van der Waals surface area contributed by atoms with E-state index in [0.29, 0.717) is 38.2 Å². The van der Waals surface area contributed by atoms with Crippen LogP contribution in [0.15, 0.2) is 55.0 Å². The fourth-order valence-corrected chi connectivity index (χ4v) is 3.82. The van der Waals surface area contributed by atoms with Crippen molar-refractivity contribution in [2.45, 2.75) is 19.5 Å². The molecule has 7 nitrogen and oxygen atoms in total. The van der Waals surface area contributed by atoms with Crippen LogP contribution in [0.1, 0.15) is 32.6 Å². The van der Waals surface area contributed by atoms with Crippen molar-refractivity contribution in [2.75, 3.05) is 6.54 Å². The van der Waals surface area contributed by atoms with E-state index in [1.54, 1.807) is 36.7 Å². The number of hydrogen-bond donors (Lipinski definition) is 4. The standard InChI is InChI=1S/C25H22ClF2N5O2/c26-20-13-31-23-7-22(28)17(6-19(20)23)12-33-25(35)18-4-15(9-30-11-18)3-16-2-1-14(5-21(16)27)10-32-24(34)8-29/h1-2,4-7,9,11,13,31H,3,8,10,12,29H2,(H,32,34)(H,33,35). The molecule has 0 radical (unpaired) electrons. The summed E-state index contributed by atoms with van der Waals surface area (Å²) < 4.78 is 29.0. The van der Waals surface area contributed by atoms with E-state index >= 15 is 0 Å². The maximum Gasteiger partial charge on any atom is 0.253 e. The maximum absolute atomic E-state index is 14.6. The van der Waals surface area contributed by atoms with Crippen molar-refractivity contribution in [3.63, 3.8) is 0 Å². The summed E-state index contributed by atoms with van der Waals surface area (Å²) in [7, 11) is 0. The Bertz CT molecular complexity index is 1410. The van der Waals surface area contributed by atoms with Crippen LogP contribution in [0.2, 0.25) is 5.02 Å². The summed E-state index contributed by atoms with van der Waals surface area (Å²) in [6, 6.07) is 9.21. The van der Waals surface area contributed by atoms with Gasteiger partial charge in [-0.25, -0.2) is 8.78 Å². The van der Waals surface area contributed by atoms with Crippen molar-refractivity contribution in [1.82, 2.24) is 20.6 Å². The van der Waals surface area contributed by atoms with Gasteiger partial charge in [-0.15, -0.1) is 0 Å². The van der Waals surface area contributed by atoms with Gasteiger partial charge in [0, 0.05) is 54.6 Å². The van der Waals surface area contributed by atoms with Gasteiger partial charge in [0.15, 0.2) is 0 Å². The molecule has 0 atom stereocenters. The highest BCUT2D eigenvalue weighted by Crippen LogP contribution is 2.26. The van der Waals surface area contributed by atoms with Gasteiger partial charge < -0.3 is 21.4 Å². The Balaban J connectivity index is 1.41. The Morgan fingerprint density at radius 3 is 2.54 bits per heavy atom. The molecule has 2 heterocycles. The smallest absolute Gasteiger partial charge is 0.253 e. The predicted molar refractivity (Wildman–Crippen MR) is 129 cm³/mol. The van der Waals surface area contributed by atoms with Crippen molar-refractivity contribution in [3.8, 4) is 0 Å². The van der Waals surface area contributed by atoms with Gasteiger partial charge in [0.05, 0.1) is 17.1 Å². The topological polar surface area (TPSA) is 113 Å². The second kappa shape index (κ2) is 10.6. The molecule has 2 aromatic carbocycles. The largest absolute Gasteiger partial charge is 0.360 e. The molecule has 35 heavy (non-hydrogen) atoms. The molecule has 0 aliphatic rings. The molecule has 2 aromatic heterocycles. The molecule has 0 aliphatic carbocycles. The fraction of sp³-hybridized carbons (Fsp3) is 0.160. The van der Waals surface area contributed by atoms with E-state index in [0.717, 1.165) is 0 Å². The van der Waals surface area contributed by atoms with E-state index in [9.17, 15) is 18.4 Å². The average Bonchev–Trinajstić information content (AvgIpc) is 3.21. The number of hydrogen-bond acceptors (Lipinski definition) is 4. The van der Waals surface area contributed by atoms with E-state index in [-0.39, 0.29) is 37.5 Å². The second-order valence-electron chi connectivity index (χ2n) is 7.97. The summed E-state index contributed by atoms with van der Waals surface area (Å²) in [6.07, 6.45) is 4.72. The number of aromatic amines is 1. The van der Waals surface area contributed by atoms with Crippen LogP contribution < -0.4 is 16.4 Å². The van der Waals surface area contributed by atoms with E-state index in [4.69, 9.17) is 17.3 Å². The summed E-state index contributed by atoms with van der Waals surface area (Å²) in [5.41, 5.74) is 8.02. The number of fused-ring (bicyclic) bond motifs is 1. The van der Waals surface area contributed by atoms with Crippen LogP contribution in [0, 0.1) is 11.6 Å². The van der Waals surface area contributed by atoms with Gasteiger partial charge in [0.1, 0.15) is 11.6 Å². The highest BCUT2D eigenvalue weighted by molar-refractivity contribution is 6.35. The average molecular weight is 498 g/mol. The van der Waals surface area contributed by atoms with Gasteiger partial charge in [-0.3, -0.25) is 14.6 Å². The number of H-pyrrole nitrogens is 1. The summed E-state index contributed by atoms with van der Waals surface area (Å²) >= 11 is 6.10. The van der Waals surface area contributed by atoms with Gasteiger partial charge in [-0.05, 0) is 41.0 Å². The molecule has 0 aliphatic heterocycles. The first-order valence-corrected chi connectivity index (χ1v) is 11.1. The fourth-order valence-electron chi connectivity index (χ4n) is 3.61. The molecular weight excluding hydrogens is 476 g/mol. The predicted octanol–water partition coefficient (Wildman–Crippen LogP) is 3.59. The number of nitrogens with two attached hydrogens (primary N) is 1. The van der Waals surface area contributed by atoms with Gasteiger partial charge in [-0.1, -0.05) is 23.7 Å². The Kier molecular flexibility index (Phi) is 7.38. The molecule has 0 spiro atoms. The van der Waals surface area contributed by atoms with Gasteiger partial charge in [-0.2, -0.15) is 0 Å². The molecule has 4 aromatic rings. The molecule has 10 heteroatoms. The number of carbonyl (C=O) groups excluding carboxylic acids is 2. The van der Waals surface area contributed by atoms with Crippen LogP contribution in [0.5, 0.6) is 0 Å². The molecule has 5 N–H and O–H groups in total. The molecular formula is C25H22ClF2N5O2. The van der Waals surface area contributed by atoms with Crippen molar-refractivity contribution in [3.05, 3.63) is 99.5 Å². The van der Waals surface area contributed by atoms with Gasteiger partial charge >= 0.3 is 0 Å². The number of halogens is 3. The lowest BCUT2D eigenvalue weighted by Crippen LogP contribution is -2.29. The van der Waals surface area contributed by atoms with Crippen LogP contribution in [-0.4, -0.2) is 28.3 Å². The lowest BCUT2D eigenvalue weighted by atomic mass is 10.0. The monoisotopic (exact) mass is 497 g/mol. The van der Waals surface area contributed by atoms with Crippen LogP contribution in [0.4, 0.5) is 8.78 Å². The van der Waals surface area contributed by atoms with Crippen molar-refractivity contribution < 1.29 is 18.4 Å². The van der Waals surface area contributed by atoms with Crippen molar-refractivity contribution in [1.29, 1.82) is 0 Å². The minimum Gasteiger partial charge on any atom is -0.360 e. The zero-order valence-corrected chi connectivity index (χ0v) is 19.3. The second-order valence-corrected chi connectivity index (χ2v) is 8.38. The first-order chi connectivity index (χ1) is 16.8. The minimum absolute atomic E-state index is 0.0386. The van der Waals surface area contributed by atoms with Crippen LogP contribution >= 0.6 is 11.6 Å². The molecule has 4 rings (SSSR count). The summed E-state index contributed by atoms with van der Waals surface area (Å²) in [4.78, 5) is 30.9. The van der Waals surface area contributed by atoms with Crippen LogP contribution in [-0.2, 0) is 24.3 Å². The third-order valence-electron chi connectivity index (χ3n) is 5.48. The number of aromatic nitrogens is 2. The third kappa shape index (κ3) is 5.82. The first-order valence-electron chi connectivity index (χ1n) is 10.7. The molecule has 0 saturated carbocycles. The van der Waals surface area contributed by atoms with Crippen molar-refractivity contribution in [2.24, 2.45) is 5.73 Å². The highest BCUT2D eigenvalue weighted by Gasteiger charge is 2.13. The lowest BCUT2D eigenvalue weighted by molar-refractivity contribution is -0.119. The number of nitrogens with zero attached hydrogens (tertiary/aromatic N) is 1. The summed E-state index contributed by atoms with van der Waals surface area (Å²) in [5.74, 6) is -1.67. The highest BCUT2D eigenvalue weighted by atomic mass is 35.5. The van der Waals surface area contributed by atoms with E-state index < -0.39 is 17.5 Å². The Morgan fingerprint density at radius 1 is 0.971 bits per heavy atom. The number of nitrogens with one attached hydrogen (secondary N) is 3. The van der Waals surface area contributed by atoms with E-state index in [1.165, 1.54) is 18.3 Å². The SMILES string of the molecule is NCC(=O)NCc1ccc(Cc2cncc(C(=O)NCc3cc4c(Cl)c[nH]c4cc3F)c2)c(F)c1. The third-order valence-corrected chi connectivity index (χ3v) is 5.79. The molecule has 0 unspecified atom stereocenters. The van der Waals surface area contributed by atoms with E-state index in [1.807, 2.05) is 0 Å². The first kappa shape index (κ1) is 24.3.